The van der Waals surface area contributed by atoms with Crippen molar-refractivity contribution >= 4 is 11.9 Å². The van der Waals surface area contributed by atoms with Gasteiger partial charge in [-0.2, -0.15) is 0 Å². The summed E-state index contributed by atoms with van der Waals surface area (Å²) in [4.78, 5) is 24.7. The molecule has 5 heteroatoms. The van der Waals surface area contributed by atoms with Gasteiger partial charge in [-0.1, -0.05) is 43.3 Å². The van der Waals surface area contributed by atoms with E-state index in [0.29, 0.717) is 30.1 Å². The van der Waals surface area contributed by atoms with Gasteiger partial charge in [-0.15, -0.1) is 0 Å². The lowest BCUT2D eigenvalue weighted by atomic mass is 10.1. The van der Waals surface area contributed by atoms with E-state index < -0.39 is 11.9 Å². The molecule has 31 heavy (non-hydrogen) atoms. The predicted molar refractivity (Wildman–Crippen MR) is 119 cm³/mol. The van der Waals surface area contributed by atoms with Crippen molar-refractivity contribution in [1.29, 1.82) is 0 Å². The monoisotopic (exact) mass is 418 g/mol. The molecule has 0 radical (unpaired) electrons. The SMILES string of the molecule is CCCOc1ccc(C(=O)Oc2cccc(C(=O)OCCCc3ccccc3)c2)cc1. The molecule has 0 aliphatic heterocycles. The van der Waals surface area contributed by atoms with Gasteiger partial charge in [0, 0.05) is 0 Å². The number of rotatable bonds is 10. The van der Waals surface area contributed by atoms with Gasteiger partial charge < -0.3 is 14.2 Å². The van der Waals surface area contributed by atoms with Crippen LogP contribution >= 0.6 is 0 Å². The van der Waals surface area contributed by atoms with Crippen LogP contribution in [-0.4, -0.2) is 25.2 Å². The van der Waals surface area contributed by atoms with E-state index in [-0.39, 0.29) is 5.75 Å². The number of ether oxygens (including phenoxy) is 3. The van der Waals surface area contributed by atoms with Crippen molar-refractivity contribution in [3.63, 3.8) is 0 Å². The zero-order valence-corrected chi connectivity index (χ0v) is 17.6. The molecule has 0 spiro atoms. The van der Waals surface area contributed by atoms with Crippen molar-refractivity contribution in [2.24, 2.45) is 0 Å². The Morgan fingerprint density at radius 2 is 1.52 bits per heavy atom. The van der Waals surface area contributed by atoms with Crippen LogP contribution in [0.25, 0.3) is 0 Å². The van der Waals surface area contributed by atoms with Crippen LogP contribution in [0.2, 0.25) is 0 Å². The number of benzene rings is 3. The molecule has 0 N–H and O–H groups in total. The first-order chi connectivity index (χ1) is 15.2. The summed E-state index contributed by atoms with van der Waals surface area (Å²) in [5.41, 5.74) is 1.95. The summed E-state index contributed by atoms with van der Waals surface area (Å²) in [7, 11) is 0. The molecule has 0 aliphatic carbocycles. The van der Waals surface area contributed by atoms with Crippen molar-refractivity contribution in [3.8, 4) is 11.5 Å². The van der Waals surface area contributed by atoms with E-state index in [0.717, 1.165) is 19.3 Å². The van der Waals surface area contributed by atoms with Crippen molar-refractivity contribution in [3.05, 3.63) is 95.6 Å². The van der Waals surface area contributed by atoms with E-state index in [2.05, 4.69) is 0 Å². The third-order valence-electron chi connectivity index (χ3n) is 4.53. The van der Waals surface area contributed by atoms with E-state index in [1.54, 1.807) is 42.5 Å². The van der Waals surface area contributed by atoms with E-state index in [1.165, 1.54) is 11.6 Å². The Morgan fingerprint density at radius 3 is 2.26 bits per heavy atom. The van der Waals surface area contributed by atoms with Crippen LogP contribution in [0.5, 0.6) is 11.5 Å². The Morgan fingerprint density at radius 1 is 0.742 bits per heavy atom. The normalized spacial score (nSPS) is 10.4. The van der Waals surface area contributed by atoms with Gasteiger partial charge in [0.25, 0.3) is 0 Å². The van der Waals surface area contributed by atoms with Gasteiger partial charge >= 0.3 is 11.9 Å². The molecule has 160 valence electrons. The summed E-state index contributed by atoms with van der Waals surface area (Å²) in [5, 5.41) is 0. The number of carbonyl (C=O) groups is 2. The molecule has 0 heterocycles. The second kappa shape index (κ2) is 11.6. The van der Waals surface area contributed by atoms with Crippen LogP contribution in [0.3, 0.4) is 0 Å². The Labute approximate surface area is 182 Å². The second-order valence-corrected chi connectivity index (χ2v) is 7.02. The van der Waals surface area contributed by atoms with Crippen LogP contribution in [0.4, 0.5) is 0 Å². The average molecular weight is 418 g/mol. The predicted octanol–water partition coefficient (Wildman–Crippen LogP) is 5.48. The number of hydrogen-bond donors (Lipinski definition) is 0. The van der Waals surface area contributed by atoms with Crippen molar-refractivity contribution < 1.29 is 23.8 Å². The van der Waals surface area contributed by atoms with Gasteiger partial charge in [0.1, 0.15) is 11.5 Å². The van der Waals surface area contributed by atoms with Crippen LogP contribution in [0.1, 0.15) is 46.0 Å². The van der Waals surface area contributed by atoms with Crippen molar-refractivity contribution in [2.45, 2.75) is 26.2 Å². The highest BCUT2D eigenvalue weighted by molar-refractivity contribution is 5.92. The Bertz CT molecular complexity index is 980. The molecule has 0 saturated heterocycles. The fraction of sp³-hybridized carbons (Fsp3) is 0.231. The minimum Gasteiger partial charge on any atom is -0.494 e. The number of carbonyl (C=O) groups excluding carboxylic acids is 2. The second-order valence-electron chi connectivity index (χ2n) is 7.02. The molecule has 0 bridgehead atoms. The van der Waals surface area contributed by atoms with E-state index in [4.69, 9.17) is 14.2 Å². The zero-order chi connectivity index (χ0) is 21.9. The summed E-state index contributed by atoms with van der Waals surface area (Å²) < 4.78 is 16.3. The lowest BCUT2D eigenvalue weighted by Crippen LogP contribution is -2.10. The molecule has 0 aliphatic rings. The fourth-order valence-electron chi connectivity index (χ4n) is 2.93. The minimum atomic E-state index is -0.504. The molecule has 0 saturated carbocycles. The molecule has 3 rings (SSSR count). The lowest BCUT2D eigenvalue weighted by Gasteiger charge is -2.08. The first-order valence-corrected chi connectivity index (χ1v) is 10.4. The molecule has 3 aromatic carbocycles. The Hall–Kier alpha value is -3.60. The first kappa shape index (κ1) is 22.1. The number of hydrogen-bond acceptors (Lipinski definition) is 5. The van der Waals surface area contributed by atoms with Crippen LogP contribution in [0.15, 0.2) is 78.9 Å². The number of aryl methyl sites for hydroxylation is 1. The first-order valence-electron chi connectivity index (χ1n) is 10.4. The largest absolute Gasteiger partial charge is 0.494 e. The van der Waals surface area contributed by atoms with E-state index >= 15 is 0 Å². The Kier molecular flexibility index (Phi) is 8.23. The summed E-state index contributed by atoms with van der Waals surface area (Å²) in [6, 6.07) is 23.2. The molecular formula is C26H26O5. The summed E-state index contributed by atoms with van der Waals surface area (Å²) in [6.45, 7) is 2.98. The molecular weight excluding hydrogens is 392 g/mol. The van der Waals surface area contributed by atoms with Gasteiger partial charge in [-0.05, 0) is 67.3 Å². The lowest BCUT2D eigenvalue weighted by molar-refractivity contribution is 0.0498. The van der Waals surface area contributed by atoms with E-state index in [1.807, 2.05) is 37.3 Å². The van der Waals surface area contributed by atoms with Gasteiger partial charge in [0.15, 0.2) is 0 Å². The van der Waals surface area contributed by atoms with Crippen molar-refractivity contribution in [1.82, 2.24) is 0 Å². The van der Waals surface area contributed by atoms with Gasteiger partial charge in [-0.25, -0.2) is 9.59 Å². The molecule has 3 aromatic rings. The highest BCUT2D eigenvalue weighted by atomic mass is 16.5. The highest BCUT2D eigenvalue weighted by Crippen LogP contribution is 2.18. The van der Waals surface area contributed by atoms with E-state index in [9.17, 15) is 9.59 Å². The standard InChI is InChI=1S/C26H26O5/c1-2-17-29-23-15-13-21(14-16-23)26(28)31-24-12-6-11-22(19-24)25(27)30-18-7-10-20-8-4-3-5-9-20/h3-6,8-9,11-16,19H,2,7,10,17-18H2,1H3. The summed E-state index contributed by atoms with van der Waals surface area (Å²) in [6.07, 6.45) is 2.49. The third kappa shape index (κ3) is 7.00. The maximum Gasteiger partial charge on any atom is 0.343 e. The smallest absolute Gasteiger partial charge is 0.343 e. The topological polar surface area (TPSA) is 61.8 Å². The Balaban J connectivity index is 1.50. The third-order valence-corrected chi connectivity index (χ3v) is 4.53. The minimum absolute atomic E-state index is 0.287. The maximum atomic E-state index is 12.4. The molecule has 0 atom stereocenters. The molecule has 0 aromatic heterocycles. The molecule has 0 fully saturated rings. The highest BCUT2D eigenvalue weighted by Gasteiger charge is 2.12. The average Bonchev–Trinajstić information content (AvgIpc) is 2.81. The fourth-order valence-corrected chi connectivity index (χ4v) is 2.93. The summed E-state index contributed by atoms with van der Waals surface area (Å²) >= 11 is 0. The molecule has 0 amide bonds. The van der Waals surface area contributed by atoms with Crippen LogP contribution in [0, 0.1) is 0 Å². The van der Waals surface area contributed by atoms with Gasteiger partial charge in [-0.3, -0.25) is 0 Å². The molecule has 5 nitrogen and oxygen atoms in total. The van der Waals surface area contributed by atoms with Gasteiger partial charge in [0.05, 0.1) is 24.3 Å². The maximum absolute atomic E-state index is 12.4. The zero-order valence-electron chi connectivity index (χ0n) is 17.6. The quantitative estimate of drug-likeness (QED) is 0.248. The number of esters is 2. The van der Waals surface area contributed by atoms with Crippen LogP contribution in [-0.2, 0) is 11.2 Å². The summed E-state index contributed by atoms with van der Waals surface area (Å²) in [5.74, 6) is 0.0456. The van der Waals surface area contributed by atoms with Crippen molar-refractivity contribution in [2.75, 3.05) is 13.2 Å². The van der Waals surface area contributed by atoms with Crippen LogP contribution < -0.4 is 9.47 Å². The molecule has 0 unspecified atom stereocenters. The van der Waals surface area contributed by atoms with Gasteiger partial charge in [0.2, 0.25) is 0 Å².